The number of carbonyl (C=O) groups is 1. The first-order valence-electron chi connectivity index (χ1n) is 5.88. The maximum absolute atomic E-state index is 11.2. The molecule has 0 radical (unpaired) electrons. The number of nitrogens with zero attached hydrogens (tertiary/aromatic N) is 1. The van der Waals surface area contributed by atoms with Gasteiger partial charge in [0.15, 0.2) is 0 Å². The molecule has 1 heterocycles. The summed E-state index contributed by atoms with van der Waals surface area (Å²) in [6, 6.07) is 0.458. The molecule has 1 atom stereocenters. The van der Waals surface area contributed by atoms with Gasteiger partial charge < -0.3 is 5.32 Å². The van der Waals surface area contributed by atoms with Crippen molar-refractivity contribution < 1.29 is 4.79 Å². The van der Waals surface area contributed by atoms with Gasteiger partial charge in [-0.2, -0.15) is 0 Å². The lowest BCUT2D eigenvalue weighted by Gasteiger charge is -2.32. The van der Waals surface area contributed by atoms with E-state index in [1.54, 1.807) is 12.2 Å². The van der Waals surface area contributed by atoms with E-state index in [9.17, 15) is 4.79 Å². The predicted octanol–water partition coefficient (Wildman–Crippen LogP) is 1.55. The molecule has 1 amide bonds. The number of allylic oxidation sites excluding steroid dienone is 1. The minimum atomic E-state index is 0.0151. The smallest absolute Gasteiger partial charge is 0.243 e. The van der Waals surface area contributed by atoms with E-state index in [0.29, 0.717) is 6.04 Å². The average Bonchev–Trinajstić information content (AvgIpc) is 2.27. The Bertz CT molecular complexity index is 220. The summed E-state index contributed by atoms with van der Waals surface area (Å²) in [6.45, 7) is 7.15. The molecule has 0 aromatic rings. The Labute approximate surface area is 92.5 Å². The molecule has 0 saturated carbocycles. The summed E-state index contributed by atoms with van der Waals surface area (Å²) in [6.07, 6.45) is 7.29. The van der Waals surface area contributed by atoms with Crippen LogP contribution in [0, 0.1) is 0 Å². The first kappa shape index (κ1) is 12.2. The van der Waals surface area contributed by atoms with Crippen molar-refractivity contribution in [2.45, 2.75) is 39.2 Å². The molecule has 1 aliphatic heterocycles. The summed E-state index contributed by atoms with van der Waals surface area (Å²) in [7, 11) is 0. The molecular weight excluding hydrogens is 188 g/mol. The SMILES string of the molecule is CC=CC(=O)NCC(C)N1CCCCC1. The van der Waals surface area contributed by atoms with E-state index in [0.717, 1.165) is 6.54 Å². The quantitative estimate of drug-likeness (QED) is 0.714. The predicted molar refractivity (Wildman–Crippen MR) is 62.7 cm³/mol. The lowest BCUT2D eigenvalue weighted by molar-refractivity contribution is -0.116. The van der Waals surface area contributed by atoms with Crippen molar-refractivity contribution in [3.05, 3.63) is 12.2 Å². The Morgan fingerprint density at radius 3 is 2.67 bits per heavy atom. The van der Waals surface area contributed by atoms with Gasteiger partial charge in [-0.3, -0.25) is 9.69 Å². The number of rotatable bonds is 4. The third-order valence-corrected chi connectivity index (χ3v) is 2.90. The molecule has 86 valence electrons. The third-order valence-electron chi connectivity index (χ3n) is 2.90. The fourth-order valence-electron chi connectivity index (χ4n) is 1.95. The van der Waals surface area contributed by atoms with Crippen molar-refractivity contribution in [3.8, 4) is 0 Å². The molecule has 0 spiro atoms. The van der Waals surface area contributed by atoms with Gasteiger partial charge in [0.25, 0.3) is 0 Å². The largest absolute Gasteiger partial charge is 0.351 e. The number of piperidine rings is 1. The molecule has 3 heteroatoms. The van der Waals surface area contributed by atoms with Crippen molar-refractivity contribution in [1.82, 2.24) is 10.2 Å². The summed E-state index contributed by atoms with van der Waals surface area (Å²) in [4.78, 5) is 13.7. The van der Waals surface area contributed by atoms with Gasteiger partial charge in [0.05, 0.1) is 0 Å². The number of amides is 1. The first-order valence-corrected chi connectivity index (χ1v) is 5.88. The van der Waals surface area contributed by atoms with Crippen LogP contribution >= 0.6 is 0 Å². The van der Waals surface area contributed by atoms with Gasteiger partial charge in [0.1, 0.15) is 0 Å². The van der Waals surface area contributed by atoms with Gasteiger partial charge in [-0.1, -0.05) is 12.5 Å². The maximum atomic E-state index is 11.2. The zero-order valence-electron chi connectivity index (χ0n) is 9.83. The van der Waals surface area contributed by atoms with Crippen LogP contribution in [0.25, 0.3) is 0 Å². The van der Waals surface area contributed by atoms with Gasteiger partial charge in [-0.15, -0.1) is 0 Å². The number of hydrogen-bond donors (Lipinski definition) is 1. The van der Waals surface area contributed by atoms with Crippen molar-refractivity contribution >= 4 is 5.91 Å². The van der Waals surface area contributed by atoms with E-state index in [4.69, 9.17) is 0 Å². The number of likely N-dealkylation sites (tertiary alicyclic amines) is 1. The summed E-state index contributed by atoms with van der Waals surface area (Å²) in [5.41, 5.74) is 0. The van der Waals surface area contributed by atoms with Crippen molar-refractivity contribution in [3.63, 3.8) is 0 Å². The van der Waals surface area contributed by atoms with Crippen LogP contribution in [0.15, 0.2) is 12.2 Å². The van der Waals surface area contributed by atoms with Gasteiger partial charge in [0.2, 0.25) is 5.91 Å². The van der Waals surface area contributed by atoms with E-state index in [2.05, 4.69) is 17.1 Å². The lowest BCUT2D eigenvalue weighted by atomic mass is 10.1. The number of carbonyl (C=O) groups excluding carboxylic acids is 1. The van der Waals surface area contributed by atoms with Crippen LogP contribution in [0.3, 0.4) is 0 Å². The summed E-state index contributed by atoms with van der Waals surface area (Å²) < 4.78 is 0. The summed E-state index contributed by atoms with van der Waals surface area (Å²) in [5, 5.41) is 2.91. The highest BCUT2D eigenvalue weighted by Gasteiger charge is 2.16. The average molecular weight is 210 g/mol. The molecule has 0 bridgehead atoms. The second-order valence-corrected chi connectivity index (χ2v) is 4.19. The zero-order valence-corrected chi connectivity index (χ0v) is 9.83. The molecule has 1 saturated heterocycles. The molecule has 0 aliphatic carbocycles. The molecule has 1 rings (SSSR count). The second kappa shape index (κ2) is 6.62. The van der Waals surface area contributed by atoms with Gasteiger partial charge in [-0.05, 0) is 45.9 Å². The lowest BCUT2D eigenvalue weighted by Crippen LogP contribution is -2.44. The molecule has 1 fully saturated rings. The van der Waals surface area contributed by atoms with Crippen LogP contribution in [0.4, 0.5) is 0 Å². The molecular formula is C12H22N2O. The Morgan fingerprint density at radius 2 is 2.07 bits per heavy atom. The molecule has 1 N–H and O–H groups in total. The Balaban J connectivity index is 2.22. The van der Waals surface area contributed by atoms with Crippen molar-refractivity contribution in [1.29, 1.82) is 0 Å². The van der Waals surface area contributed by atoms with Crippen LogP contribution in [0.1, 0.15) is 33.1 Å². The summed E-state index contributed by atoms with van der Waals surface area (Å²) >= 11 is 0. The number of hydrogen-bond acceptors (Lipinski definition) is 2. The minimum Gasteiger partial charge on any atom is -0.351 e. The Kier molecular flexibility index (Phi) is 5.40. The monoisotopic (exact) mass is 210 g/mol. The van der Waals surface area contributed by atoms with Crippen LogP contribution < -0.4 is 5.32 Å². The number of nitrogens with one attached hydrogen (secondary N) is 1. The normalized spacial score (nSPS) is 20.4. The van der Waals surface area contributed by atoms with E-state index in [1.807, 2.05) is 6.92 Å². The summed E-state index contributed by atoms with van der Waals surface area (Å²) in [5.74, 6) is 0.0151. The highest BCUT2D eigenvalue weighted by molar-refractivity contribution is 5.87. The molecule has 0 aromatic carbocycles. The van der Waals surface area contributed by atoms with Gasteiger partial charge in [-0.25, -0.2) is 0 Å². The van der Waals surface area contributed by atoms with E-state index in [1.165, 1.54) is 32.4 Å². The second-order valence-electron chi connectivity index (χ2n) is 4.19. The van der Waals surface area contributed by atoms with Gasteiger partial charge >= 0.3 is 0 Å². The molecule has 3 nitrogen and oxygen atoms in total. The minimum absolute atomic E-state index is 0.0151. The first-order chi connectivity index (χ1) is 7.24. The van der Waals surface area contributed by atoms with E-state index >= 15 is 0 Å². The third kappa shape index (κ3) is 4.47. The molecule has 1 unspecified atom stereocenters. The Hall–Kier alpha value is -0.830. The standard InChI is InChI=1S/C12H22N2O/c1-3-7-12(15)13-10-11(2)14-8-5-4-6-9-14/h3,7,11H,4-6,8-10H2,1-2H3,(H,13,15). The van der Waals surface area contributed by atoms with Crippen molar-refractivity contribution in [2.75, 3.05) is 19.6 Å². The van der Waals surface area contributed by atoms with Crippen LogP contribution in [-0.2, 0) is 4.79 Å². The fourth-order valence-corrected chi connectivity index (χ4v) is 1.95. The van der Waals surface area contributed by atoms with Crippen LogP contribution in [-0.4, -0.2) is 36.5 Å². The maximum Gasteiger partial charge on any atom is 0.243 e. The van der Waals surface area contributed by atoms with Crippen LogP contribution in [0.2, 0.25) is 0 Å². The molecule has 0 aromatic heterocycles. The molecule has 15 heavy (non-hydrogen) atoms. The van der Waals surface area contributed by atoms with Crippen LogP contribution in [0.5, 0.6) is 0 Å². The highest BCUT2D eigenvalue weighted by atomic mass is 16.1. The Morgan fingerprint density at radius 1 is 1.40 bits per heavy atom. The van der Waals surface area contributed by atoms with Gasteiger partial charge in [0, 0.05) is 12.6 Å². The topological polar surface area (TPSA) is 32.3 Å². The van der Waals surface area contributed by atoms with E-state index < -0.39 is 0 Å². The van der Waals surface area contributed by atoms with Crippen molar-refractivity contribution in [2.24, 2.45) is 0 Å². The fraction of sp³-hybridized carbons (Fsp3) is 0.750. The highest BCUT2D eigenvalue weighted by Crippen LogP contribution is 2.11. The molecule has 1 aliphatic rings. The zero-order chi connectivity index (χ0) is 11.1. The van der Waals surface area contributed by atoms with E-state index in [-0.39, 0.29) is 5.91 Å².